The molecule has 1 N–H and O–H groups in total. The number of aryl methyl sites for hydroxylation is 1. The van der Waals surface area contributed by atoms with Gasteiger partial charge < -0.3 is 14.9 Å². The van der Waals surface area contributed by atoms with E-state index in [1.54, 1.807) is 4.90 Å². The Balaban J connectivity index is 2.07. The third-order valence-electron chi connectivity index (χ3n) is 4.06. The Hall–Kier alpha value is -2.04. The van der Waals surface area contributed by atoms with Gasteiger partial charge in [-0.15, -0.1) is 0 Å². The van der Waals surface area contributed by atoms with Crippen molar-refractivity contribution in [1.29, 1.82) is 0 Å². The summed E-state index contributed by atoms with van der Waals surface area (Å²) in [4.78, 5) is 27.2. The molecule has 0 unspecified atom stereocenters. The smallest absolute Gasteiger partial charge is 0.306 e. The number of anilines is 1. The fourth-order valence-electron chi connectivity index (χ4n) is 2.80. The number of nitrogens with zero attached hydrogens (tertiary/aromatic N) is 2. The van der Waals surface area contributed by atoms with Gasteiger partial charge in [-0.3, -0.25) is 9.59 Å². The summed E-state index contributed by atoms with van der Waals surface area (Å²) in [5.74, 6) is -1.08. The summed E-state index contributed by atoms with van der Waals surface area (Å²) in [7, 11) is 3.95. The van der Waals surface area contributed by atoms with E-state index in [2.05, 4.69) is 0 Å². The lowest BCUT2D eigenvalue weighted by Gasteiger charge is -2.30. The Morgan fingerprint density at radius 1 is 1.24 bits per heavy atom. The van der Waals surface area contributed by atoms with Gasteiger partial charge in [-0.2, -0.15) is 0 Å². The Bertz CT molecular complexity index is 546. The minimum absolute atomic E-state index is 0.00718. The molecule has 114 valence electrons. The lowest BCUT2D eigenvalue weighted by molar-refractivity contribution is -0.143. The van der Waals surface area contributed by atoms with Crippen LogP contribution < -0.4 is 4.90 Å². The van der Waals surface area contributed by atoms with Gasteiger partial charge in [-0.1, -0.05) is 0 Å². The predicted octanol–water partition coefficient (Wildman–Crippen LogP) is 2.00. The molecule has 0 bridgehead atoms. The standard InChI is InChI=1S/C16H22N2O3/c1-11-10-13(4-5-14(11)17(2)3)15(19)18-8-6-12(7-9-18)16(20)21/h4-5,10,12H,6-9H2,1-3H3,(H,20,21). The van der Waals surface area contributed by atoms with E-state index in [-0.39, 0.29) is 11.8 Å². The van der Waals surface area contributed by atoms with E-state index in [0.29, 0.717) is 31.5 Å². The number of carbonyl (C=O) groups excluding carboxylic acids is 1. The summed E-state index contributed by atoms with van der Waals surface area (Å²) in [6.45, 7) is 3.03. The molecule has 1 saturated heterocycles. The average molecular weight is 290 g/mol. The van der Waals surface area contributed by atoms with Gasteiger partial charge in [-0.25, -0.2) is 0 Å². The highest BCUT2D eigenvalue weighted by Crippen LogP contribution is 2.22. The van der Waals surface area contributed by atoms with Gasteiger partial charge in [0.2, 0.25) is 0 Å². The van der Waals surface area contributed by atoms with Crippen LogP contribution in [0.3, 0.4) is 0 Å². The molecule has 0 radical (unpaired) electrons. The maximum Gasteiger partial charge on any atom is 0.306 e. The average Bonchev–Trinajstić information content (AvgIpc) is 2.46. The number of benzene rings is 1. The number of carbonyl (C=O) groups is 2. The second kappa shape index (κ2) is 6.16. The number of hydrogen-bond acceptors (Lipinski definition) is 3. The topological polar surface area (TPSA) is 60.9 Å². The molecule has 1 aromatic rings. The molecule has 0 saturated carbocycles. The van der Waals surface area contributed by atoms with Crippen molar-refractivity contribution in [2.45, 2.75) is 19.8 Å². The van der Waals surface area contributed by atoms with Gasteiger partial charge >= 0.3 is 5.97 Å². The zero-order valence-electron chi connectivity index (χ0n) is 12.8. The van der Waals surface area contributed by atoms with Crippen LogP contribution in [-0.2, 0) is 4.79 Å². The highest BCUT2D eigenvalue weighted by molar-refractivity contribution is 5.95. The largest absolute Gasteiger partial charge is 0.481 e. The first-order chi connectivity index (χ1) is 9.90. The van der Waals surface area contributed by atoms with Crippen LogP contribution in [0.25, 0.3) is 0 Å². The SMILES string of the molecule is Cc1cc(C(=O)N2CCC(C(=O)O)CC2)ccc1N(C)C. The van der Waals surface area contributed by atoms with E-state index >= 15 is 0 Å². The number of hydrogen-bond donors (Lipinski definition) is 1. The van der Waals surface area contributed by atoms with Crippen molar-refractivity contribution in [1.82, 2.24) is 4.90 Å². The number of rotatable bonds is 3. The molecule has 0 aromatic heterocycles. The zero-order valence-corrected chi connectivity index (χ0v) is 12.8. The van der Waals surface area contributed by atoms with Gasteiger partial charge in [0.15, 0.2) is 0 Å². The minimum atomic E-state index is -0.756. The summed E-state index contributed by atoms with van der Waals surface area (Å²) in [5.41, 5.74) is 2.83. The molecule has 21 heavy (non-hydrogen) atoms. The Morgan fingerprint density at radius 2 is 1.86 bits per heavy atom. The molecule has 1 aromatic carbocycles. The van der Waals surface area contributed by atoms with Crippen LogP contribution in [0, 0.1) is 12.8 Å². The molecular weight excluding hydrogens is 268 g/mol. The molecule has 2 rings (SSSR count). The lowest BCUT2D eigenvalue weighted by Crippen LogP contribution is -2.40. The van der Waals surface area contributed by atoms with Crippen LogP contribution >= 0.6 is 0 Å². The molecule has 5 nitrogen and oxygen atoms in total. The summed E-state index contributed by atoms with van der Waals surface area (Å²) >= 11 is 0. The van der Waals surface area contributed by atoms with Crippen molar-refractivity contribution >= 4 is 17.6 Å². The quantitative estimate of drug-likeness (QED) is 0.925. The third kappa shape index (κ3) is 3.35. The molecular formula is C16H22N2O3. The van der Waals surface area contributed by atoms with Crippen molar-refractivity contribution < 1.29 is 14.7 Å². The van der Waals surface area contributed by atoms with Crippen molar-refractivity contribution in [3.63, 3.8) is 0 Å². The number of aliphatic carboxylic acids is 1. The molecule has 1 aliphatic heterocycles. The highest BCUT2D eigenvalue weighted by atomic mass is 16.4. The molecule has 1 aliphatic rings. The number of carboxylic acids is 1. The van der Waals surface area contributed by atoms with Crippen molar-refractivity contribution in [3.8, 4) is 0 Å². The fraction of sp³-hybridized carbons (Fsp3) is 0.500. The lowest BCUT2D eigenvalue weighted by atomic mass is 9.96. The monoisotopic (exact) mass is 290 g/mol. The van der Waals surface area contributed by atoms with E-state index in [1.807, 2.05) is 44.1 Å². The second-order valence-corrected chi connectivity index (χ2v) is 5.80. The summed E-state index contributed by atoms with van der Waals surface area (Å²) in [6, 6.07) is 5.70. The number of carboxylic acid groups (broad SMARTS) is 1. The molecule has 0 aliphatic carbocycles. The van der Waals surface area contributed by atoms with E-state index in [9.17, 15) is 9.59 Å². The Kier molecular flexibility index (Phi) is 4.50. The van der Waals surface area contributed by atoms with Crippen LogP contribution in [0.4, 0.5) is 5.69 Å². The molecule has 5 heteroatoms. The van der Waals surface area contributed by atoms with E-state index < -0.39 is 5.97 Å². The molecule has 0 atom stereocenters. The maximum absolute atomic E-state index is 12.5. The van der Waals surface area contributed by atoms with Crippen molar-refractivity contribution in [2.24, 2.45) is 5.92 Å². The maximum atomic E-state index is 12.5. The summed E-state index contributed by atoms with van der Waals surface area (Å²) in [5, 5.41) is 8.99. The summed E-state index contributed by atoms with van der Waals surface area (Å²) < 4.78 is 0. The first kappa shape index (κ1) is 15.4. The van der Waals surface area contributed by atoms with Crippen LogP contribution in [0.2, 0.25) is 0 Å². The third-order valence-corrected chi connectivity index (χ3v) is 4.06. The van der Waals surface area contributed by atoms with E-state index in [0.717, 1.165) is 11.3 Å². The molecule has 1 fully saturated rings. The highest BCUT2D eigenvalue weighted by Gasteiger charge is 2.27. The normalized spacial score (nSPS) is 15.9. The predicted molar refractivity (Wildman–Crippen MR) is 81.8 cm³/mol. The first-order valence-corrected chi connectivity index (χ1v) is 7.20. The van der Waals surface area contributed by atoms with E-state index in [1.165, 1.54) is 0 Å². The molecule has 1 heterocycles. The first-order valence-electron chi connectivity index (χ1n) is 7.20. The van der Waals surface area contributed by atoms with Gasteiger partial charge in [0.1, 0.15) is 0 Å². The fourth-order valence-corrected chi connectivity index (χ4v) is 2.80. The van der Waals surface area contributed by atoms with Crippen LogP contribution in [0.5, 0.6) is 0 Å². The Labute approximate surface area is 125 Å². The van der Waals surface area contributed by atoms with Crippen LogP contribution in [0.1, 0.15) is 28.8 Å². The Morgan fingerprint density at radius 3 is 2.33 bits per heavy atom. The number of amides is 1. The zero-order chi connectivity index (χ0) is 15.6. The number of piperidine rings is 1. The summed E-state index contributed by atoms with van der Waals surface area (Å²) in [6.07, 6.45) is 1.08. The van der Waals surface area contributed by atoms with Gasteiger partial charge in [0, 0.05) is 38.4 Å². The van der Waals surface area contributed by atoms with Crippen molar-refractivity contribution in [3.05, 3.63) is 29.3 Å². The number of likely N-dealkylation sites (tertiary alicyclic amines) is 1. The van der Waals surface area contributed by atoms with Gasteiger partial charge in [0.25, 0.3) is 5.91 Å². The minimum Gasteiger partial charge on any atom is -0.481 e. The van der Waals surface area contributed by atoms with Crippen LogP contribution in [0.15, 0.2) is 18.2 Å². The molecule has 1 amide bonds. The molecule has 0 spiro atoms. The van der Waals surface area contributed by atoms with E-state index in [4.69, 9.17) is 5.11 Å². The van der Waals surface area contributed by atoms with Crippen molar-refractivity contribution in [2.75, 3.05) is 32.1 Å². The van der Waals surface area contributed by atoms with Crippen LogP contribution in [-0.4, -0.2) is 49.1 Å². The van der Waals surface area contributed by atoms with Gasteiger partial charge in [-0.05, 0) is 43.5 Å². The second-order valence-electron chi connectivity index (χ2n) is 5.80. The van der Waals surface area contributed by atoms with Gasteiger partial charge in [0.05, 0.1) is 5.92 Å².